The van der Waals surface area contributed by atoms with E-state index in [0.717, 1.165) is 11.1 Å². The smallest absolute Gasteiger partial charge is 0.123 e. The van der Waals surface area contributed by atoms with Gasteiger partial charge < -0.3 is 5.32 Å². The number of hydrogen-bond acceptors (Lipinski definition) is 1. The zero-order valence-electron chi connectivity index (χ0n) is 11.1. The number of hydrogen-bond donors (Lipinski definition) is 1. The van der Waals surface area contributed by atoms with Gasteiger partial charge in [0, 0.05) is 12.1 Å². The first-order chi connectivity index (χ1) is 9.22. The number of rotatable bonds is 2. The Morgan fingerprint density at radius 3 is 2.42 bits per heavy atom. The lowest BCUT2D eigenvalue weighted by molar-refractivity contribution is 0.585. The van der Waals surface area contributed by atoms with Gasteiger partial charge in [0.2, 0.25) is 0 Å². The van der Waals surface area contributed by atoms with E-state index < -0.39 is 0 Å². The molecule has 0 amide bonds. The predicted molar refractivity (Wildman–Crippen MR) is 76.4 cm³/mol. The van der Waals surface area contributed by atoms with Crippen LogP contribution < -0.4 is 5.32 Å². The molecule has 0 aromatic heterocycles. The minimum absolute atomic E-state index is 0.185. The Labute approximate surface area is 113 Å². The summed E-state index contributed by atoms with van der Waals surface area (Å²) in [5.41, 5.74) is 3.32. The Morgan fingerprint density at radius 1 is 1.00 bits per heavy atom. The molecule has 0 radical (unpaired) electrons. The van der Waals surface area contributed by atoms with Gasteiger partial charge in [0.05, 0.1) is 0 Å². The number of benzene rings is 2. The van der Waals surface area contributed by atoms with Gasteiger partial charge in [-0.1, -0.05) is 30.3 Å². The topological polar surface area (TPSA) is 12.0 Å². The monoisotopic (exact) mass is 255 g/mol. The summed E-state index contributed by atoms with van der Waals surface area (Å²) in [4.78, 5) is 0. The van der Waals surface area contributed by atoms with E-state index in [9.17, 15) is 4.39 Å². The van der Waals surface area contributed by atoms with Crippen LogP contribution in [-0.2, 0) is 0 Å². The van der Waals surface area contributed by atoms with Crippen molar-refractivity contribution in [3.8, 4) is 11.1 Å². The van der Waals surface area contributed by atoms with Gasteiger partial charge >= 0.3 is 0 Å². The predicted octanol–water partition coefficient (Wildman–Crippen LogP) is 4.31. The lowest BCUT2D eigenvalue weighted by Crippen LogP contribution is -2.20. The van der Waals surface area contributed by atoms with Crippen molar-refractivity contribution in [2.24, 2.45) is 0 Å². The third-order valence-electron chi connectivity index (χ3n) is 3.82. The van der Waals surface area contributed by atoms with Crippen molar-refractivity contribution < 1.29 is 4.39 Å². The average molecular weight is 255 g/mol. The average Bonchev–Trinajstić information content (AvgIpc) is 2.86. The molecule has 2 atom stereocenters. The summed E-state index contributed by atoms with van der Waals surface area (Å²) >= 11 is 0. The molecule has 1 fully saturated rings. The molecule has 0 bridgehead atoms. The highest BCUT2D eigenvalue weighted by Gasteiger charge is 2.21. The van der Waals surface area contributed by atoms with E-state index in [1.54, 1.807) is 12.1 Å². The lowest BCUT2D eigenvalue weighted by atomic mass is 9.99. The van der Waals surface area contributed by atoms with E-state index in [1.807, 2.05) is 12.1 Å². The molecule has 0 saturated carbocycles. The maximum absolute atomic E-state index is 13.3. The molecule has 2 aromatic carbocycles. The van der Waals surface area contributed by atoms with Gasteiger partial charge in [-0.15, -0.1) is 0 Å². The normalized spacial score (nSPS) is 22.6. The van der Waals surface area contributed by atoms with E-state index in [-0.39, 0.29) is 5.82 Å². The van der Waals surface area contributed by atoms with Crippen molar-refractivity contribution >= 4 is 0 Å². The van der Waals surface area contributed by atoms with Crippen LogP contribution in [0.15, 0.2) is 48.5 Å². The molecule has 19 heavy (non-hydrogen) atoms. The van der Waals surface area contributed by atoms with Gasteiger partial charge in [0.15, 0.2) is 0 Å². The first-order valence-corrected chi connectivity index (χ1v) is 6.84. The Bertz CT molecular complexity index is 579. The molecule has 2 aromatic rings. The zero-order valence-corrected chi connectivity index (χ0v) is 11.1. The van der Waals surface area contributed by atoms with Crippen molar-refractivity contribution in [2.75, 3.05) is 0 Å². The summed E-state index contributed by atoms with van der Waals surface area (Å²) in [6.45, 7) is 2.22. The molecule has 1 N–H and O–H groups in total. The third-order valence-corrected chi connectivity index (χ3v) is 3.82. The lowest BCUT2D eigenvalue weighted by Gasteiger charge is -2.13. The molecular weight excluding hydrogens is 237 g/mol. The standard InChI is InChI=1S/C17H18FN/c1-12-8-9-17(19-12)15-6-2-4-13(10-15)14-5-3-7-16(18)11-14/h2-7,10-12,17,19H,8-9H2,1H3. The molecule has 0 spiro atoms. The van der Waals surface area contributed by atoms with E-state index in [1.165, 1.54) is 24.5 Å². The second kappa shape index (κ2) is 5.14. The SMILES string of the molecule is CC1CCC(c2cccc(-c3cccc(F)c3)c2)N1. The van der Waals surface area contributed by atoms with Crippen molar-refractivity contribution in [3.05, 3.63) is 59.9 Å². The third kappa shape index (κ3) is 2.69. The fraction of sp³-hybridized carbons (Fsp3) is 0.294. The van der Waals surface area contributed by atoms with Crippen LogP contribution in [0.5, 0.6) is 0 Å². The zero-order chi connectivity index (χ0) is 13.2. The number of nitrogens with one attached hydrogen (secondary N) is 1. The fourth-order valence-corrected chi connectivity index (χ4v) is 2.79. The van der Waals surface area contributed by atoms with Crippen LogP contribution in [0.2, 0.25) is 0 Å². The summed E-state index contributed by atoms with van der Waals surface area (Å²) in [5.74, 6) is -0.185. The second-order valence-corrected chi connectivity index (χ2v) is 5.33. The highest BCUT2D eigenvalue weighted by molar-refractivity contribution is 5.64. The molecule has 1 heterocycles. The van der Waals surface area contributed by atoms with Crippen molar-refractivity contribution in [3.63, 3.8) is 0 Å². The van der Waals surface area contributed by atoms with Gasteiger partial charge in [-0.2, -0.15) is 0 Å². The minimum Gasteiger partial charge on any atom is -0.307 e. The summed E-state index contributed by atoms with van der Waals surface area (Å²) in [6, 6.07) is 16.2. The molecule has 1 aliphatic heterocycles. The van der Waals surface area contributed by atoms with Crippen molar-refractivity contribution in [1.82, 2.24) is 5.32 Å². The fourth-order valence-electron chi connectivity index (χ4n) is 2.79. The maximum atomic E-state index is 13.3. The summed E-state index contributed by atoms with van der Waals surface area (Å²) in [5, 5.41) is 3.59. The Hall–Kier alpha value is -1.67. The Morgan fingerprint density at radius 2 is 1.74 bits per heavy atom. The van der Waals surface area contributed by atoms with Gasteiger partial charge in [0.1, 0.15) is 5.82 Å². The quantitative estimate of drug-likeness (QED) is 0.843. The maximum Gasteiger partial charge on any atom is 0.123 e. The Kier molecular flexibility index (Phi) is 3.34. The molecular formula is C17H18FN. The Balaban J connectivity index is 1.92. The van der Waals surface area contributed by atoms with Crippen LogP contribution in [0.25, 0.3) is 11.1 Å². The molecule has 3 rings (SSSR count). The summed E-state index contributed by atoms with van der Waals surface area (Å²) in [7, 11) is 0. The van der Waals surface area contributed by atoms with E-state index in [4.69, 9.17) is 0 Å². The molecule has 1 saturated heterocycles. The van der Waals surface area contributed by atoms with Crippen LogP contribution in [0, 0.1) is 5.82 Å². The van der Waals surface area contributed by atoms with Crippen molar-refractivity contribution in [2.45, 2.75) is 31.8 Å². The summed E-state index contributed by atoms with van der Waals surface area (Å²) in [6.07, 6.45) is 2.39. The molecule has 98 valence electrons. The van der Waals surface area contributed by atoms with Gasteiger partial charge in [-0.05, 0) is 54.7 Å². The van der Waals surface area contributed by atoms with E-state index in [0.29, 0.717) is 12.1 Å². The second-order valence-electron chi connectivity index (χ2n) is 5.33. The van der Waals surface area contributed by atoms with Crippen molar-refractivity contribution in [1.29, 1.82) is 0 Å². The van der Waals surface area contributed by atoms with Crippen LogP contribution in [0.4, 0.5) is 4.39 Å². The minimum atomic E-state index is -0.185. The highest BCUT2D eigenvalue weighted by Crippen LogP contribution is 2.29. The first-order valence-electron chi connectivity index (χ1n) is 6.84. The largest absolute Gasteiger partial charge is 0.307 e. The van der Waals surface area contributed by atoms with Gasteiger partial charge in [-0.3, -0.25) is 0 Å². The molecule has 2 heteroatoms. The van der Waals surface area contributed by atoms with Crippen LogP contribution >= 0.6 is 0 Å². The van der Waals surface area contributed by atoms with E-state index in [2.05, 4.69) is 30.4 Å². The van der Waals surface area contributed by atoms with E-state index >= 15 is 0 Å². The molecule has 2 unspecified atom stereocenters. The molecule has 1 nitrogen and oxygen atoms in total. The van der Waals surface area contributed by atoms with Gasteiger partial charge in [0.25, 0.3) is 0 Å². The van der Waals surface area contributed by atoms with Crippen LogP contribution in [0.3, 0.4) is 0 Å². The summed E-state index contributed by atoms with van der Waals surface area (Å²) < 4.78 is 13.3. The highest BCUT2D eigenvalue weighted by atomic mass is 19.1. The van der Waals surface area contributed by atoms with Crippen LogP contribution in [0.1, 0.15) is 31.4 Å². The van der Waals surface area contributed by atoms with Crippen LogP contribution in [-0.4, -0.2) is 6.04 Å². The number of halogens is 1. The molecule has 0 aliphatic carbocycles. The molecule has 1 aliphatic rings. The van der Waals surface area contributed by atoms with Gasteiger partial charge in [-0.25, -0.2) is 4.39 Å². The first kappa shape index (κ1) is 12.4.